The number of nitrogens with zero attached hydrogens (tertiary/aromatic N) is 2. The summed E-state index contributed by atoms with van der Waals surface area (Å²) >= 11 is 0. The lowest BCUT2D eigenvalue weighted by atomic mass is 10.1. The average molecular weight is 282 g/mol. The van der Waals surface area contributed by atoms with Gasteiger partial charge in [-0.1, -0.05) is 6.07 Å². The molecule has 0 spiro atoms. The molecular formula is C16H14N2O3. The van der Waals surface area contributed by atoms with Gasteiger partial charge in [-0.3, -0.25) is 4.98 Å². The average Bonchev–Trinajstić information content (AvgIpc) is 2.40. The number of pyridine rings is 1. The molecule has 5 heteroatoms. The number of carbonyl (C=O) groups is 1. The van der Waals surface area contributed by atoms with Crippen LogP contribution in [0.15, 0.2) is 24.3 Å². The first kappa shape index (κ1) is 14.5. The number of ether oxygens (including phenoxy) is 1. The van der Waals surface area contributed by atoms with Crippen molar-refractivity contribution in [1.82, 2.24) is 4.98 Å². The molecule has 0 saturated carbocycles. The summed E-state index contributed by atoms with van der Waals surface area (Å²) in [6.45, 7) is 5.21. The van der Waals surface area contributed by atoms with Gasteiger partial charge in [-0.25, -0.2) is 4.79 Å². The van der Waals surface area contributed by atoms with Crippen LogP contribution in [0.3, 0.4) is 0 Å². The Balaban J connectivity index is 2.51. The van der Waals surface area contributed by atoms with Crippen molar-refractivity contribution in [3.8, 4) is 17.6 Å². The van der Waals surface area contributed by atoms with Crippen LogP contribution in [0.2, 0.25) is 0 Å². The van der Waals surface area contributed by atoms with Gasteiger partial charge in [0.25, 0.3) is 0 Å². The number of carboxylic acids is 1. The molecule has 2 aromatic rings. The zero-order chi connectivity index (χ0) is 15.6. The van der Waals surface area contributed by atoms with Crippen molar-refractivity contribution < 1.29 is 14.6 Å². The fourth-order valence-corrected chi connectivity index (χ4v) is 2.08. The highest BCUT2D eigenvalue weighted by Crippen LogP contribution is 2.30. The van der Waals surface area contributed by atoms with Gasteiger partial charge in [-0.15, -0.1) is 0 Å². The number of aromatic carboxylic acids is 1. The molecule has 0 bridgehead atoms. The molecule has 1 heterocycles. The van der Waals surface area contributed by atoms with Crippen molar-refractivity contribution in [2.45, 2.75) is 20.8 Å². The second kappa shape index (κ2) is 5.63. The summed E-state index contributed by atoms with van der Waals surface area (Å²) in [7, 11) is 0. The Hall–Kier alpha value is -2.87. The Morgan fingerprint density at radius 3 is 2.62 bits per heavy atom. The molecule has 0 aliphatic heterocycles. The summed E-state index contributed by atoms with van der Waals surface area (Å²) in [6, 6.07) is 8.53. The minimum absolute atomic E-state index is 0.175. The van der Waals surface area contributed by atoms with Gasteiger partial charge >= 0.3 is 5.97 Å². The normalized spacial score (nSPS) is 10.0. The largest absolute Gasteiger partial charge is 0.478 e. The fourth-order valence-electron chi connectivity index (χ4n) is 2.08. The number of benzene rings is 1. The molecule has 0 atom stereocenters. The quantitative estimate of drug-likeness (QED) is 0.933. The van der Waals surface area contributed by atoms with E-state index in [0.717, 1.165) is 5.69 Å². The maximum Gasteiger partial charge on any atom is 0.336 e. The van der Waals surface area contributed by atoms with Gasteiger partial charge in [-0.05, 0) is 32.9 Å². The smallest absolute Gasteiger partial charge is 0.336 e. The lowest BCUT2D eigenvalue weighted by molar-refractivity contribution is 0.0695. The van der Waals surface area contributed by atoms with Gasteiger partial charge in [0, 0.05) is 17.3 Å². The van der Waals surface area contributed by atoms with Crippen LogP contribution >= 0.6 is 0 Å². The maximum absolute atomic E-state index is 11.1. The molecule has 0 radical (unpaired) electrons. The summed E-state index contributed by atoms with van der Waals surface area (Å²) in [6.07, 6.45) is 0. The Morgan fingerprint density at radius 1 is 1.29 bits per heavy atom. The highest BCUT2D eigenvalue weighted by atomic mass is 16.5. The van der Waals surface area contributed by atoms with Crippen LogP contribution in [0.4, 0.5) is 0 Å². The van der Waals surface area contributed by atoms with Crippen LogP contribution in [-0.2, 0) is 0 Å². The first-order chi connectivity index (χ1) is 9.93. The van der Waals surface area contributed by atoms with Gasteiger partial charge in [0.15, 0.2) is 0 Å². The Kier molecular flexibility index (Phi) is 3.90. The van der Waals surface area contributed by atoms with Crippen LogP contribution in [0.1, 0.15) is 32.9 Å². The standard InChI is InChI=1S/C16H14N2O3/c1-9-7-15(13(8-17)11(3)18-9)21-14-6-4-5-12(10(14)2)16(19)20/h4-7H,1-3H3,(H,19,20). The first-order valence-electron chi connectivity index (χ1n) is 6.33. The molecule has 1 N–H and O–H groups in total. The number of hydrogen-bond acceptors (Lipinski definition) is 4. The SMILES string of the molecule is Cc1cc(Oc2cccc(C(=O)O)c2C)c(C#N)c(C)n1. The van der Waals surface area contributed by atoms with Crippen LogP contribution in [0, 0.1) is 32.1 Å². The van der Waals surface area contributed by atoms with Crippen LogP contribution < -0.4 is 4.74 Å². The number of aryl methyl sites for hydroxylation is 2. The minimum atomic E-state index is -1.01. The summed E-state index contributed by atoms with van der Waals surface area (Å²) in [5.41, 5.74) is 2.35. The van der Waals surface area contributed by atoms with Gasteiger partial charge in [0.05, 0.1) is 11.3 Å². The van der Waals surface area contributed by atoms with Crippen LogP contribution in [0.5, 0.6) is 11.5 Å². The lowest BCUT2D eigenvalue weighted by Crippen LogP contribution is -2.02. The maximum atomic E-state index is 11.1. The highest BCUT2D eigenvalue weighted by Gasteiger charge is 2.15. The van der Waals surface area contributed by atoms with E-state index in [1.807, 2.05) is 6.92 Å². The van der Waals surface area contributed by atoms with Crippen molar-refractivity contribution in [3.63, 3.8) is 0 Å². The molecule has 0 saturated heterocycles. The fraction of sp³-hybridized carbons (Fsp3) is 0.188. The number of rotatable bonds is 3. The minimum Gasteiger partial charge on any atom is -0.478 e. The highest BCUT2D eigenvalue weighted by molar-refractivity contribution is 5.90. The zero-order valence-electron chi connectivity index (χ0n) is 12.0. The summed E-state index contributed by atoms with van der Waals surface area (Å²) < 4.78 is 5.76. The zero-order valence-corrected chi connectivity index (χ0v) is 12.0. The third kappa shape index (κ3) is 2.84. The van der Waals surface area contributed by atoms with Crippen LogP contribution in [0.25, 0.3) is 0 Å². The number of hydrogen-bond donors (Lipinski definition) is 1. The van der Waals surface area contributed by atoms with E-state index in [0.29, 0.717) is 28.3 Å². The summed E-state index contributed by atoms with van der Waals surface area (Å²) in [4.78, 5) is 15.4. The number of carboxylic acid groups (broad SMARTS) is 1. The van der Waals surface area contributed by atoms with Crippen molar-refractivity contribution >= 4 is 5.97 Å². The third-order valence-electron chi connectivity index (χ3n) is 3.14. The predicted octanol–water partition coefficient (Wildman–Crippen LogP) is 3.37. The van der Waals surface area contributed by atoms with E-state index in [1.54, 1.807) is 32.0 Å². The second-order valence-electron chi connectivity index (χ2n) is 4.67. The molecule has 21 heavy (non-hydrogen) atoms. The van der Waals surface area contributed by atoms with Crippen molar-refractivity contribution in [3.05, 3.63) is 52.3 Å². The molecule has 1 aromatic carbocycles. The first-order valence-corrected chi connectivity index (χ1v) is 6.33. The molecule has 0 aliphatic carbocycles. The molecule has 0 fully saturated rings. The topological polar surface area (TPSA) is 83.2 Å². The van der Waals surface area contributed by atoms with Crippen molar-refractivity contribution in [2.75, 3.05) is 0 Å². The Labute approximate surface area is 122 Å². The molecular weight excluding hydrogens is 268 g/mol. The Morgan fingerprint density at radius 2 is 2.00 bits per heavy atom. The van der Waals surface area contributed by atoms with Gasteiger partial charge in [0.1, 0.15) is 23.1 Å². The molecule has 5 nitrogen and oxygen atoms in total. The summed E-state index contributed by atoms with van der Waals surface area (Å²) in [5.74, 6) is -0.218. The predicted molar refractivity (Wildman–Crippen MR) is 76.6 cm³/mol. The van der Waals surface area contributed by atoms with E-state index in [-0.39, 0.29) is 5.56 Å². The molecule has 106 valence electrons. The molecule has 1 aromatic heterocycles. The van der Waals surface area contributed by atoms with E-state index in [1.165, 1.54) is 6.07 Å². The number of nitriles is 1. The second-order valence-corrected chi connectivity index (χ2v) is 4.67. The Bertz CT molecular complexity index is 761. The molecule has 0 aliphatic rings. The molecule has 0 amide bonds. The molecule has 0 unspecified atom stereocenters. The lowest BCUT2D eigenvalue weighted by Gasteiger charge is -2.13. The van der Waals surface area contributed by atoms with E-state index in [9.17, 15) is 10.1 Å². The monoisotopic (exact) mass is 282 g/mol. The van der Waals surface area contributed by atoms with E-state index < -0.39 is 5.97 Å². The van der Waals surface area contributed by atoms with Crippen molar-refractivity contribution in [1.29, 1.82) is 5.26 Å². The van der Waals surface area contributed by atoms with E-state index in [4.69, 9.17) is 9.84 Å². The van der Waals surface area contributed by atoms with E-state index >= 15 is 0 Å². The van der Waals surface area contributed by atoms with Gasteiger partial charge in [-0.2, -0.15) is 5.26 Å². The van der Waals surface area contributed by atoms with Gasteiger partial charge < -0.3 is 9.84 Å². The molecule has 2 rings (SSSR count). The summed E-state index contributed by atoms with van der Waals surface area (Å²) in [5, 5.41) is 18.3. The third-order valence-corrected chi connectivity index (χ3v) is 3.14. The van der Waals surface area contributed by atoms with Crippen LogP contribution in [-0.4, -0.2) is 16.1 Å². The van der Waals surface area contributed by atoms with Gasteiger partial charge in [0.2, 0.25) is 0 Å². The number of aromatic nitrogens is 1. The van der Waals surface area contributed by atoms with Crippen molar-refractivity contribution in [2.24, 2.45) is 0 Å². The van der Waals surface area contributed by atoms with E-state index in [2.05, 4.69) is 11.1 Å².